The summed E-state index contributed by atoms with van der Waals surface area (Å²) in [5.41, 5.74) is 0. The number of carbonyl (C=O) groups is 2. The highest BCUT2D eigenvalue weighted by atomic mass is 16.1. The molecule has 4 rings (SSSR count). The summed E-state index contributed by atoms with van der Waals surface area (Å²) >= 11 is 0. The van der Waals surface area contributed by atoms with E-state index in [0.717, 1.165) is 42.9 Å². The lowest BCUT2D eigenvalue weighted by Gasteiger charge is -2.43. The van der Waals surface area contributed by atoms with E-state index in [0.29, 0.717) is 17.5 Å². The third-order valence-electron chi connectivity index (χ3n) is 6.55. The van der Waals surface area contributed by atoms with Crippen molar-refractivity contribution in [3.05, 3.63) is 0 Å². The van der Waals surface area contributed by atoms with Crippen molar-refractivity contribution >= 4 is 11.6 Å². The summed E-state index contributed by atoms with van der Waals surface area (Å²) in [6.07, 6.45) is 11.7. The predicted octanol–water partition coefficient (Wildman–Crippen LogP) is 4.17. The number of fused-ring (bicyclic) bond motifs is 2. The second-order valence-electron chi connectivity index (χ2n) is 7.51. The van der Waals surface area contributed by atoms with E-state index in [2.05, 4.69) is 6.92 Å². The molecule has 0 aliphatic heterocycles. The van der Waals surface area contributed by atoms with Crippen LogP contribution in [0.4, 0.5) is 0 Å². The van der Waals surface area contributed by atoms with Crippen LogP contribution in [0.1, 0.15) is 71.1 Å². The van der Waals surface area contributed by atoms with Crippen LogP contribution in [-0.2, 0) is 9.59 Å². The lowest BCUT2D eigenvalue weighted by atomic mass is 9.61. The number of rotatable bonds is 0. The van der Waals surface area contributed by atoms with E-state index in [9.17, 15) is 9.59 Å². The van der Waals surface area contributed by atoms with Gasteiger partial charge in [-0.15, -0.1) is 0 Å². The third kappa shape index (κ3) is 2.84. The van der Waals surface area contributed by atoms with Gasteiger partial charge in [0.05, 0.1) is 0 Å². The molecule has 4 aliphatic carbocycles. The zero-order valence-electron chi connectivity index (χ0n) is 12.8. The first-order chi connectivity index (χ1) is 9.65. The molecular formula is C18H28O2. The van der Waals surface area contributed by atoms with Crippen molar-refractivity contribution in [3.63, 3.8) is 0 Å². The Balaban J connectivity index is 0.000000121. The highest BCUT2D eigenvalue weighted by Crippen LogP contribution is 2.46. The van der Waals surface area contributed by atoms with Gasteiger partial charge in [-0.05, 0) is 68.6 Å². The molecule has 20 heavy (non-hydrogen) atoms. The zero-order chi connectivity index (χ0) is 14.1. The van der Waals surface area contributed by atoms with Gasteiger partial charge >= 0.3 is 0 Å². The molecule has 4 aliphatic rings. The molecule has 0 aromatic heterocycles. The Morgan fingerprint density at radius 2 is 1.25 bits per heavy atom. The molecule has 0 spiro atoms. The van der Waals surface area contributed by atoms with E-state index in [1.165, 1.54) is 44.9 Å². The molecule has 0 aromatic carbocycles. The summed E-state index contributed by atoms with van der Waals surface area (Å²) in [6.45, 7) is 2.11. The van der Waals surface area contributed by atoms with Crippen LogP contribution in [0.5, 0.6) is 0 Å². The standard InChI is InChI=1S/2C9H14O/c1-6-8-4-2-7(8)3-5-9(6)10;10-9-5-3-7-1-2-8(7)4-6-9/h6-8H,2-5H2,1H3;7-8H,1-6H2/t6?,7-,8+;7-,8+/m0./s1. The molecule has 2 nitrogen and oxygen atoms in total. The molecule has 0 radical (unpaired) electrons. The third-order valence-corrected chi connectivity index (χ3v) is 6.55. The minimum absolute atomic E-state index is 0.396. The first-order valence-electron chi connectivity index (χ1n) is 8.69. The number of hydrogen-bond acceptors (Lipinski definition) is 2. The van der Waals surface area contributed by atoms with Gasteiger partial charge in [-0.2, -0.15) is 0 Å². The van der Waals surface area contributed by atoms with E-state index in [4.69, 9.17) is 0 Å². The van der Waals surface area contributed by atoms with Gasteiger partial charge in [0.15, 0.2) is 0 Å². The molecule has 0 N–H and O–H groups in total. The SMILES string of the molecule is CC1C(=O)CC[C@@H]2CC[C@H]12.O=C1CC[C@@H]2CC[C@@H]2CC1. The quantitative estimate of drug-likeness (QED) is 0.665. The van der Waals surface area contributed by atoms with E-state index >= 15 is 0 Å². The Bertz CT molecular complexity index is 371. The van der Waals surface area contributed by atoms with Crippen LogP contribution in [-0.4, -0.2) is 11.6 Å². The lowest BCUT2D eigenvalue weighted by molar-refractivity contribution is -0.130. The van der Waals surface area contributed by atoms with Gasteiger partial charge in [0.25, 0.3) is 0 Å². The molecule has 0 heterocycles. The molecule has 4 fully saturated rings. The first kappa shape index (κ1) is 14.3. The Hall–Kier alpha value is -0.660. The molecular weight excluding hydrogens is 248 g/mol. The Morgan fingerprint density at radius 3 is 1.70 bits per heavy atom. The fraction of sp³-hybridized carbons (Fsp3) is 0.889. The van der Waals surface area contributed by atoms with Gasteiger partial charge < -0.3 is 0 Å². The van der Waals surface area contributed by atoms with Crippen LogP contribution in [0, 0.1) is 29.6 Å². The maximum absolute atomic E-state index is 11.2. The molecule has 0 bridgehead atoms. The lowest BCUT2D eigenvalue weighted by Crippen LogP contribution is -2.39. The number of hydrogen-bond donors (Lipinski definition) is 0. The highest BCUT2D eigenvalue weighted by molar-refractivity contribution is 5.82. The summed E-state index contributed by atoms with van der Waals surface area (Å²) in [6, 6.07) is 0. The Kier molecular flexibility index (Phi) is 4.28. The van der Waals surface area contributed by atoms with E-state index in [-0.39, 0.29) is 0 Å². The van der Waals surface area contributed by atoms with Gasteiger partial charge in [0, 0.05) is 25.2 Å². The second-order valence-corrected chi connectivity index (χ2v) is 7.51. The van der Waals surface area contributed by atoms with E-state index in [1.54, 1.807) is 0 Å². The van der Waals surface area contributed by atoms with Gasteiger partial charge in [-0.3, -0.25) is 9.59 Å². The van der Waals surface area contributed by atoms with Crippen LogP contribution >= 0.6 is 0 Å². The normalized spacial score (nSPS) is 43.0. The summed E-state index contributed by atoms with van der Waals surface area (Å²) < 4.78 is 0. The summed E-state index contributed by atoms with van der Waals surface area (Å²) in [7, 11) is 0. The second kappa shape index (κ2) is 5.99. The van der Waals surface area contributed by atoms with Crippen LogP contribution < -0.4 is 0 Å². The molecule has 0 aromatic rings. The molecule has 2 heteroatoms. The maximum Gasteiger partial charge on any atom is 0.135 e. The van der Waals surface area contributed by atoms with Crippen LogP contribution in [0.15, 0.2) is 0 Å². The monoisotopic (exact) mass is 276 g/mol. The fourth-order valence-electron chi connectivity index (χ4n) is 4.62. The predicted molar refractivity (Wildman–Crippen MR) is 79.3 cm³/mol. The zero-order valence-corrected chi connectivity index (χ0v) is 12.8. The summed E-state index contributed by atoms with van der Waals surface area (Å²) in [5.74, 6) is 5.00. The van der Waals surface area contributed by atoms with Crippen LogP contribution in [0.2, 0.25) is 0 Å². The summed E-state index contributed by atoms with van der Waals surface area (Å²) in [5, 5.41) is 0. The maximum atomic E-state index is 11.2. The number of Topliss-reactive ketones (excluding diaryl/α,β-unsaturated/α-hetero) is 2. The Morgan fingerprint density at radius 1 is 0.700 bits per heavy atom. The molecule has 1 unspecified atom stereocenters. The van der Waals surface area contributed by atoms with Gasteiger partial charge in [-0.1, -0.05) is 6.92 Å². The molecule has 4 saturated carbocycles. The summed E-state index contributed by atoms with van der Waals surface area (Å²) in [4.78, 5) is 22.2. The van der Waals surface area contributed by atoms with Gasteiger partial charge in [-0.25, -0.2) is 0 Å². The smallest absolute Gasteiger partial charge is 0.135 e. The average molecular weight is 276 g/mol. The van der Waals surface area contributed by atoms with Crippen LogP contribution in [0.25, 0.3) is 0 Å². The van der Waals surface area contributed by atoms with Crippen molar-refractivity contribution in [2.45, 2.75) is 71.1 Å². The topological polar surface area (TPSA) is 34.1 Å². The number of carbonyl (C=O) groups excluding carboxylic acids is 2. The minimum atomic E-state index is 0.396. The molecule has 5 atom stereocenters. The van der Waals surface area contributed by atoms with Gasteiger partial charge in [0.1, 0.15) is 11.6 Å². The van der Waals surface area contributed by atoms with Crippen LogP contribution in [0.3, 0.4) is 0 Å². The molecule has 112 valence electrons. The first-order valence-corrected chi connectivity index (χ1v) is 8.69. The Labute approximate surface area is 122 Å². The van der Waals surface area contributed by atoms with Gasteiger partial charge in [0.2, 0.25) is 0 Å². The average Bonchev–Trinajstić information content (AvgIpc) is 2.46. The fourth-order valence-corrected chi connectivity index (χ4v) is 4.62. The van der Waals surface area contributed by atoms with Crippen molar-refractivity contribution in [3.8, 4) is 0 Å². The van der Waals surface area contributed by atoms with Crippen molar-refractivity contribution in [1.29, 1.82) is 0 Å². The highest BCUT2D eigenvalue weighted by Gasteiger charge is 2.41. The largest absolute Gasteiger partial charge is 0.300 e. The van der Waals surface area contributed by atoms with Crippen molar-refractivity contribution < 1.29 is 9.59 Å². The van der Waals surface area contributed by atoms with Crippen molar-refractivity contribution in [2.75, 3.05) is 0 Å². The molecule has 0 saturated heterocycles. The number of ketones is 2. The van der Waals surface area contributed by atoms with E-state index in [1.807, 2.05) is 0 Å². The minimum Gasteiger partial charge on any atom is -0.300 e. The molecule has 0 amide bonds. The van der Waals surface area contributed by atoms with Crippen molar-refractivity contribution in [1.82, 2.24) is 0 Å². The van der Waals surface area contributed by atoms with Crippen molar-refractivity contribution in [2.24, 2.45) is 29.6 Å². The van der Waals surface area contributed by atoms with E-state index < -0.39 is 0 Å².